The van der Waals surface area contributed by atoms with Crippen molar-refractivity contribution in [1.82, 2.24) is 4.72 Å². The third-order valence-electron chi connectivity index (χ3n) is 4.64. The fourth-order valence-electron chi connectivity index (χ4n) is 3.34. The minimum Gasteiger partial charge on any atom is -0.494 e. The number of hydrogen-bond acceptors (Lipinski definition) is 4. The van der Waals surface area contributed by atoms with E-state index in [1.54, 1.807) is 24.3 Å². The molecule has 6 heteroatoms. The second-order valence-electron chi connectivity index (χ2n) is 6.53. The molecule has 2 aromatic rings. The van der Waals surface area contributed by atoms with Gasteiger partial charge in [-0.25, -0.2) is 13.1 Å². The monoisotopic (exact) mass is 374 g/mol. The molecule has 0 bridgehead atoms. The number of nitrogens with one attached hydrogen (secondary N) is 2. The van der Waals surface area contributed by atoms with Crippen LogP contribution in [0.25, 0.3) is 0 Å². The first kappa shape index (κ1) is 18.7. The molecule has 0 unspecified atom stereocenters. The molecule has 2 atom stereocenters. The van der Waals surface area contributed by atoms with Crippen molar-refractivity contribution in [3.63, 3.8) is 0 Å². The fourth-order valence-corrected chi connectivity index (χ4v) is 4.67. The first-order valence-electron chi connectivity index (χ1n) is 9.15. The minimum atomic E-state index is -3.51. The van der Waals surface area contributed by atoms with Crippen LogP contribution in [0.1, 0.15) is 32.6 Å². The summed E-state index contributed by atoms with van der Waals surface area (Å²) >= 11 is 0. The van der Waals surface area contributed by atoms with Crippen LogP contribution in [0.3, 0.4) is 0 Å². The van der Waals surface area contributed by atoms with Crippen molar-refractivity contribution in [2.75, 3.05) is 11.9 Å². The van der Waals surface area contributed by atoms with Crippen LogP contribution in [-0.2, 0) is 10.0 Å². The van der Waals surface area contributed by atoms with Gasteiger partial charge in [0.15, 0.2) is 0 Å². The Morgan fingerprint density at radius 1 is 0.962 bits per heavy atom. The fraction of sp³-hybridized carbons (Fsp3) is 0.400. The summed E-state index contributed by atoms with van der Waals surface area (Å²) in [5.41, 5.74) is 0.976. The van der Waals surface area contributed by atoms with Crippen LogP contribution >= 0.6 is 0 Å². The van der Waals surface area contributed by atoms with Gasteiger partial charge in [0.1, 0.15) is 5.75 Å². The van der Waals surface area contributed by atoms with E-state index in [0.717, 1.165) is 37.1 Å². The highest BCUT2D eigenvalue weighted by Crippen LogP contribution is 2.25. The van der Waals surface area contributed by atoms with Gasteiger partial charge in [-0.2, -0.15) is 0 Å². The Labute approximate surface area is 155 Å². The van der Waals surface area contributed by atoms with Crippen LogP contribution < -0.4 is 14.8 Å². The SMILES string of the molecule is CCOc1ccc(N[C@@H]2CCCC[C@@H]2NS(=O)(=O)c2ccccc2)cc1. The summed E-state index contributed by atoms with van der Waals surface area (Å²) in [5.74, 6) is 0.836. The summed E-state index contributed by atoms with van der Waals surface area (Å²) in [7, 11) is -3.51. The molecule has 0 heterocycles. The summed E-state index contributed by atoms with van der Waals surface area (Å²) in [4.78, 5) is 0.311. The Morgan fingerprint density at radius 3 is 2.27 bits per heavy atom. The highest BCUT2D eigenvalue weighted by Gasteiger charge is 2.29. The van der Waals surface area contributed by atoms with E-state index >= 15 is 0 Å². The molecule has 1 aliphatic rings. The van der Waals surface area contributed by atoms with E-state index in [2.05, 4.69) is 10.0 Å². The molecule has 1 fully saturated rings. The Bertz CT molecular complexity index is 792. The molecule has 0 spiro atoms. The number of sulfonamides is 1. The molecule has 1 aliphatic carbocycles. The average molecular weight is 375 g/mol. The number of ether oxygens (including phenoxy) is 1. The molecule has 1 saturated carbocycles. The van der Waals surface area contributed by atoms with Gasteiger partial charge in [0, 0.05) is 17.8 Å². The van der Waals surface area contributed by atoms with E-state index in [9.17, 15) is 8.42 Å². The van der Waals surface area contributed by atoms with Crippen molar-refractivity contribution >= 4 is 15.7 Å². The Balaban J connectivity index is 1.69. The van der Waals surface area contributed by atoms with Gasteiger partial charge in [0.05, 0.1) is 11.5 Å². The van der Waals surface area contributed by atoms with E-state index < -0.39 is 10.0 Å². The lowest BCUT2D eigenvalue weighted by molar-refractivity contribution is 0.340. The van der Waals surface area contributed by atoms with Crippen LogP contribution in [0.4, 0.5) is 5.69 Å². The molecule has 0 aromatic heterocycles. The smallest absolute Gasteiger partial charge is 0.240 e. The number of hydrogen-bond donors (Lipinski definition) is 2. The number of anilines is 1. The Kier molecular flexibility index (Phi) is 6.16. The highest BCUT2D eigenvalue weighted by atomic mass is 32.2. The highest BCUT2D eigenvalue weighted by molar-refractivity contribution is 7.89. The summed E-state index contributed by atoms with van der Waals surface area (Å²) in [5, 5.41) is 3.49. The zero-order valence-corrected chi connectivity index (χ0v) is 15.8. The molecule has 0 radical (unpaired) electrons. The number of benzene rings is 2. The molecule has 3 rings (SSSR count). The standard InChI is InChI=1S/C20H26N2O3S/c1-2-25-17-14-12-16(13-15-17)21-19-10-6-7-11-20(19)22-26(23,24)18-8-4-3-5-9-18/h3-5,8-9,12-15,19-22H,2,6-7,10-11H2,1H3/t19-,20+/m1/s1. The first-order chi connectivity index (χ1) is 12.6. The molecular formula is C20H26N2O3S. The largest absolute Gasteiger partial charge is 0.494 e. The predicted molar refractivity (Wildman–Crippen MR) is 104 cm³/mol. The normalized spacial score (nSPS) is 20.5. The van der Waals surface area contributed by atoms with Gasteiger partial charge in [-0.05, 0) is 56.2 Å². The lowest BCUT2D eigenvalue weighted by Gasteiger charge is -2.33. The third kappa shape index (κ3) is 4.77. The number of rotatable bonds is 7. The van der Waals surface area contributed by atoms with E-state index in [1.807, 2.05) is 37.3 Å². The van der Waals surface area contributed by atoms with Crippen molar-refractivity contribution in [2.45, 2.75) is 49.6 Å². The molecule has 2 aromatic carbocycles. The third-order valence-corrected chi connectivity index (χ3v) is 6.15. The Morgan fingerprint density at radius 2 is 1.62 bits per heavy atom. The van der Waals surface area contributed by atoms with E-state index in [1.165, 1.54) is 0 Å². The summed E-state index contributed by atoms with van der Waals surface area (Å²) in [6.07, 6.45) is 3.90. The predicted octanol–water partition coefficient (Wildman–Crippen LogP) is 3.79. The topological polar surface area (TPSA) is 67.4 Å². The van der Waals surface area contributed by atoms with Gasteiger partial charge >= 0.3 is 0 Å². The van der Waals surface area contributed by atoms with Crippen LogP contribution in [0, 0.1) is 0 Å². The molecule has 0 saturated heterocycles. The zero-order chi connectivity index (χ0) is 18.4. The van der Waals surface area contributed by atoms with Gasteiger partial charge in [0.2, 0.25) is 10.0 Å². The van der Waals surface area contributed by atoms with Crippen molar-refractivity contribution in [3.8, 4) is 5.75 Å². The quantitative estimate of drug-likeness (QED) is 0.774. The van der Waals surface area contributed by atoms with Gasteiger partial charge in [0.25, 0.3) is 0 Å². The summed E-state index contributed by atoms with van der Waals surface area (Å²) < 4.78 is 33.7. The lowest BCUT2D eigenvalue weighted by Crippen LogP contribution is -2.48. The molecule has 140 valence electrons. The maximum Gasteiger partial charge on any atom is 0.240 e. The van der Waals surface area contributed by atoms with Crippen molar-refractivity contribution in [1.29, 1.82) is 0 Å². The maximum absolute atomic E-state index is 12.7. The van der Waals surface area contributed by atoms with E-state index in [4.69, 9.17) is 4.74 Å². The van der Waals surface area contributed by atoms with Crippen LogP contribution in [0.2, 0.25) is 0 Å². The summed E-state index contributed by atoms with van der Waals surface area (Å²) in [6, 6.07) is 16.3. The van der Waals surface area contributed by atoms with Gasteiger partial charge in [-0.15, -0.1) is 0 Å². The van der Waals surface area contributed by atoms with E-state index in [0.29, 0.717) is 11.5 Å². The zero-order valence-electron chi connectivity index (χ0n) is 15.0. The Hall–Kier alpha value is -2.05. The average Bonchev–Trinajstić information content (AvgIpc) is 2.66. The van der Waals surface area contributed by atoms with E-state index in [-0.39, 0.29) is 12.1 Å². The minimum absolute atomic E-state index is 0.0696. The van der Waals surface area contributed by atoms with Crippen molar-refractivity contribution in [3.05, 3.63) is 54.6 Å². The maximum atomic E-state index is 12.7. The van der Waals surface area contributed by atoms with Gasteiger partial charge in [-0.3, -0.25) is 0 Å². The molecular weight excluding hydrogens is 348 g/mol. The van der Waals surface area contributed by atoms with Crippen LogP contribution in [-0.4, -0.2) is 27.1 Å². The molecule has 0 aliphatic heterocycles. The first-order valence-corrected chi connectivity index (χ1v) is 10.6. The van der Waals surface area contributed by atoms with Gasteiger partial charge in [-0.1, -0.05) is 31.0 Å². The molecule has 5 nitrogen and oxygen atoms in total. The molecule has 26 heavy (non-hydrogen) atoms. The second-order valence-corrected chi connectivity index (χ2v) is 8.25. The molecule has 0 amide bonds. The second kappa shape index (κ2) is 8.56. The van der Waals surface area contributed by atoms with Crippen molar-refractivity contribution < 1.29 is 13.2 Å². The molecule has 2 N–H and O–H groups in total. The van der Waals surface area contributed by atoms with Crippen molar-refractivity contribution in [2.24, 2.45) is 0 Å². The summed E-state index contributed by atoms with van der Waals surface area (Å²) in [6.45, 7) is 2.59. The van der Waals surface area contributed by atoms with Crippen LogP contribution in [0.15, 0.2) is 59.5 Å². The van der Waals surface area contributed by atoms with Crippen LogP contribution in [0.5, 0.6) is 5.75 Å². The van der Waals surface area contributed by atoms with Gasteiger partial charge < -0.3 is 10.1 Å². The lowest BCUT2D eigenvalue weighted by atomic mass is 9.91.